The molecular formula is C13H14N2O3. The Hall–Kier alpha value is -1.98. The quantitative estimate of drug-likeness (QED) is 0.831. The summed E-state index contributed by atoms with van der Waals surface area (Å²) >= 11 is 0. The summed E-state index contributed by atoms with van der Waals surface area (Å²) in [7, 11) is 0. The summed E-state index contributed by atoms with van der Waals surface area (Å²) in [6, 6.07) is 7.44. The summed E-state index contributed by atoms with van der Waals surface area (Å²) in [5.74, 6) is 1.01. The van der Waals surface area contributed by atoms with Gasteiger partial charge in [0.2, 0.25) is 5.88 Å². The number of hydrogen-bond acceptors (Lipinski definition) is 5. The Morgan fingerprint density at radius 3 is 2.56 bits per heavy atom. The van der Waals surface area contributed by atoms with Gasteiger partial charge < -0.3 is 14.9 Å². The van der Waals surface area contributed by atoms with Crippen LogP contribution >= 0.6 is 0 Å². The smallest absolute Gasteiger partial charge is 0.237 e. The molecule has 94 valence electrons. The molecule has 0 radical (unpaired) electrons. The van der Waals surface area contributed by atoms with Crippen molar-refractivity contribution in [3.05, 3.63) is 47.9 Å². The maximum Gasteiger partial charge on any atom is 0.237 e. The Labute approximate surface area is 105 Å². The summed E-state index contributed by atoms with van der Waals surface area (Å²) in [6.07, 6.45) is 3.45. The summed E-state index contributed by atoms with van der Waals surface area (Å²) in [5.41, 5.74) is 1.40. The molecule has 2 rings (SSSR count). The maximum absolute atomic E-state index is 8.97. The lowest BCUT2D eigenvalue weighted by Gasteiger charge is -2.09. The lowest BCUT2D eigenvalue weighted by Crippen LogP contribution is -1.97. The number of nitrogens with zero attached hydrogens (tertiary/aromatic N) is 2. The molecule has 0 saturated heterocycles. The van der Waals surface area contributed by atoms with Crippen molar-refractivity contribution in [2.45, 2.75) is 13.0 Å². The van der Waals surface area contributed by atoms with Crippen molar-refractivity contribution in [3.8, 4) is 11.6 Å². The lowest BCUT2D eigenvalue weighted by atomic mass is 10.1. The van der Waals surface area contributed by atoms with Gasteiger partial charge in [0.05, 0.1) is 24.7 Å². The molecule has 18 heavy (non-hydrogen) atoms. The van der Waals surface area contributed by atoms with E-state index in [1.807, 2.05) is 24.3 Å². The highest BCUT2D eigenvalue weighted by molar-refractivity contribution is 5.35. The first-order valence-corrected chi connectivity index (χ1v) is 5.62. The summed E-state index contributed by atoms with van der Waals surface area (Å²) in [6.45, 7) is -0.0795. The fraction of sp³-hybridized carbons (Fsp3) is 0.231. The largest absolute Gasteiger partial charge is 0.437 e. The standard InChI is InChI=1S/C13H14N2O3/c16-6-5-10-3-1-2-4-12(10)18-13-8-14-11(9-17)7-15-13/h1-4,7-8,16-17H,5-6,9H2. The van der Waals surface area contributed by atoms with E-state index >= 15 is 0 Å². The van der Waals surface area contributed by atoms with Gasteiger partial charge in [0.1, 0.15) is 5.75 Å². The first-order valence-electron chi connectivity index (χ1n) is 5.62. The Morgan fingerprint density at radius 2 is 1.89 bits per heavy atom. The number of ether oxygens (including phenoxy) is 1. The van der Waals surface area contributed by atoms with Crippen LogP contribution in [-0.2, 0) is 13.0 Å². The van der Waals surface area contributed by atoms with Gasteiger partial charge in [0.15, 0.2) is 0 Å². The first kappa shape index (κ1) is 12.5. The minimum absolute atomic E-state index is 0.0650. The Morgan fingerprint density at radius 1 is 1.06 bits per heavy atom. The molecule has 0 bridgehead atoms. The minimum atomic E-state index is -0.144. The molecule has 0 atom stereocenters. The number of hydrogen-bond donors (Lipinski definition) is 2. The van der Waals surface area contributed by atoms with E-state index in [2.05, 4.69) is 9.97 Å². The second kappa shape index (κ2) is 6.09. The zero-order chi connectivity index (χ0) is 12.8. The van der Waals surface area contributed by atoms with E-state index in [1.165, 1.54) is 12.4 Å². The van der Waals surface area contributed by atoms with Crippen LogP contribution in [-0.4, -0.2) is 26.8 Å². The zero-order valence-corrected chi connectivity index (χ0v) is 9.78. The van der Waals surface area contributed by atoms with E-state index in [0.717, 1.165) is 5.56 Å². The number of rotatable bonds is 5. The second-order valence-corrected chi connectivity index (χ2v) is 3.69. The lowest BCUT2D eigenvalue weighted by molar-refractivity contribution is 0.275. The normalized spacial score (nSPS) is 10.3. The molecular weight excluding hydrogens is 232 g/mol. The molecule has 0 aliphatic rings. The van der Waals surface area contributed by atoms with E-state index in [4.69, 9.17) is 14.9 Å². The second-order valence-electron chi connectivity index (χ2n) is 3.69. The van der Waals surface area contributed by atoms with Gasteiger partial charge >= 0.3 is 0 Å². The fourth-order valence-electron chi connectivity index (χ4n) is 1.52. The average Bonchev–Trinajstić information content (AvgIpc) is 2.42. The van der Waals surface area contributed by atoms with Crippen molar-refractivity contribution in [1.29, 1.82) is 0 Å². The van der Waals surface area contributed by atoms with Crippen LogP contribution < -0.4 is 4.74 Å². The van der Waals surface area contributed by atoms with Crippen molar-refractivity contribution in [3.63, 3.8) is 0 Å². The molecule has 5 heteroatoms. The van der Waals surface area contributed by atoms with E-state index in [1.54, 1.807) is 0 Å². The average molecular weight is 246 g/mol. The zero-order valence-electron chi connectivity index (χ0n) is 9.78. The molecule has 1 heterocycles. The van der Waals surface area contributed by atoms with Gasteiger partial charge in [-0.25, -0.2) is 4.98 Å². The highest BCUT2D eigenvalue weighted by Crippen LogP contribution is 2.23. The SMILES string of the molecule is OCCc1ccccc1Oc1cnc(CO)cn1. The van der Waals surface area contributed by atoms with Crippen LogP contribution in [0.2, 0.25) is 0 Å². The van der Waals surface area contributed by atoms with Crippen LogP contribution in [0.25, 0.3) is 0 Å². The van der Waals surface area contributed by atoms with Gasteiger partial charge in [-0.05, 0) is 18.1 Å². The first-order chi connectivity index (χ1) is 8.83. The maximum atomic E-state index is 8.97. The minimum Gasteiger partial charge on any atom is -0.437 e. The third-order valence-corrected chi connectivity index (χ3v) is 2.41. The molecule has 1 aromatic heterocycles. The van der Waals surface area contributed by atoms with Crippen LogP contribution in [0, 0.1) is 0 Å². The highest BCUT2D eigenvalue weighted by Gasteiger charge is 2.05. The molecule has 5 nitrogen and oxygen atoms in total. The highest BCUT2D eigenvalue weighted by atomic mass is 16.5. The summed E-state index contributed by atoms with van der Waals surface area (Å²) in [4.78, 5) is 8.02. The number of para-hydroxylation sites is 1. The van der Waals surface area contributed by atoms with E-state index in [-0.39, 0.29) is 13.2 Å². The number of aliphatic hydroxyl groups excluding tert-OH is 2. The molecule has 0 aliphatic heterocycles. The van der Waals surface area contributed by atoms with Crippen molar-refractivity contribution < 1.29 is 14.9 Å². The van der Waals surface area contributed by atoms with Crippen LogP contribution in [0.4, 0.5) is 0 Å². The van der Waals surface area contributed by atoms with Crippen LogP contribution in [0.3, 0.4) is 0 Å². The molecule has 2 N–H and O–H groups in total. The Balaban J connectivity index is 2.17. The molecule has 1 aromatic carbocycles. The van der Waals surface area contributed by atoms with E-state index < -0.39 is 0 Å². The van der Waals surface area contributed by atoms with Gasteiger partial charge in [0.25, 0.3) is 0 Å². The van der Waals surface area contributed by atoms with E-state index in [9.17, 15) is 0 Å². The van der Waals surface area contributed by atoms with Crippen molar-refractivity contribution in [2.24, 2.45) is 0 Å². The molecule has 0 saturated carbocycles. The topological polar surface area (TPSA) is 75.5 Å². The molecule has 0 unspecified atom stereocenters. The molecule has 0 amide bonds. The van der Waals surface area contributed by atoms with Crippen molar-refractivity contribution in [2.75, 3.05) is 6.61 Å². The summed E-state index contributed by atoms with van der Waals surface area (Å²) < 4.78 is 5.60. The van der Waals surface area contributed by atoms with Crippen molar-refractivity contribution >= 4 is 0 Å². The fourth-order valence-corrected chi connectivity index (χ4v) is 1.52. The predicted molar refractivity (Wildman–Crippen MR) is 65.3 cm³/mol. The van der Waals surface area contributed by atoms with Crippen LogP contribution in [0.5, 0.6) is 11.6 Å². The van der Waals surface area contributed by atoms with Crippen LogP contribution in [0.1, 0.15) is 11.3 Å². The number of aromatic nitrogens is 2. The van der Waals surface area contributed by atoms with Gasteiger partial charge in [-0.3, -0.25) is 4.98 Å². The van der Waals surface area contributed by atoms with Crippen molar-refractivity contribution in [1.82, 2.24) is 9.97 Å². The van der Waals surface area contributed by atoms with Gasteiger partial charge in [0, 0.05) is 6.61 Å². The van der Waals surface area contributed by atoms with E-state index in [0.29, 0.717) is 23.7 Å². The molecule has 2 aromatic rings. The number of benzene rings is 1. The third kappa shape index (κ3) is 3.03. The molecule has 0 spiro atoms. The van der Waals surface area contributed by atoms with Gasteiger partial charge in [-0.15, -0.1) is 0 Å². The Kier molecular flexibility index (Phi) is 4.22. The third-order valence-electron chi connectivity index (χ3n) is 2.41. The monoisotopic (exact) mass is 246 g/mol. The molecule has 0 fully saturated rings. The van der Waals surface area contributed by atoms with Crippen LogP contribution in [0.15, 0.2) is 36.7 Å². The Bertz CT molecular complexity index is 500. The summed E-state index contributed by atoms with van der Waals surface area (Å²) in [5, 5.41) is 17.8. The van der Waals surface area contributed by atoms with Gasteiger partial charge in [-0.1, -0.05) is 18.2 Å². The predicted octanol–water partition coefficient (Wildman–Crippen LogP) is 1.30. The van der Waals surface area contributed by atoms with Gasteiger partial charge in [-0.2, -0.15) is 0 Å². The molecule has 0 aliphatic carbocycles. The number of aliphatic hydroxyl groups is 2.